The van der Waals surface area contributed by atoms with Crippen LogP contribution < -0.4 is 10.1 Å². The largest absolute Gasteiger partial charge is 0.477 e. The molecule has 1 N–H and O–H groups in total. The molecule has 1 rings (SSSR count). The molecule has 0 amide bonds. The average Bonchev–Trinajstić information content (AvgIpc) is 2.36. The Morgan fingerprint density at radius 2 is 2.24 bits per heavy atom. The van der Waals surface area contributed by atoms with Gasteiger partial charge in [0.2, 0.25) is 5.88 Å². The molecule has 0 aliphatic heterocycles. The van der Waals surface area contributed by atoms with Crippen LogP contribution in [-0.4, -0.2) is 28.5 Å². The third-order valence-electron chi connectivity index (χ3n) is 2.37. The second-order valence-electron chi connectivity index (χ2n) is 3.82. The van der Waals surface area contributed by atoms with Crippen LogP contribution in [0.3, 0.4) is 0 Å². The van der Waals surface area contributed by atoms with Gasteiger partial charge < -0.3 is 10.1 Å². The first-order chi connectivity index (χ1) is 8.30. The zero-order valence-corrected chi connectivity index (χ0v) is 11.2. The topological polar surface area (TPSA) is 47.0 Å². The smallest absolute Gasteiger partial charge is 0.234 e. The molecule has 17 heavy (non-hydrogen) atoms. The predicted octanol–water partition coefficient (Wildman–Crippen LogP) is 3.08. The molecule has 1 atom stereocenters. The van der Waals surface area contributed by atoms with E-state index in [0.717, 1.165) is 25.1 Å². The summed E-state index contributed by atoms with van der Waals surface area (Å²) < 4.78 is 5.43. The van der Waals surface area contributed by atoms with Crippen molar-refractivity contribution in [2.24, 2.45) is 0 Å². The molecule has 0 aromatic carbocycles. The fraction of sp³-hybridized carbons (Fsp3) is 0.667. The molecule has 5 heteroatoms. The number of aromatic nitrogens is 2. The number of anilines is 1. The van der Waals surface area contributed by atoms with Gasteiger partial charge >= 0.3 is 0 Å². The Hall–Kier alpha value is -1.03. The summed E-state index contributed by atoms with van der Waals surface area (Å²) in [5.41, 5.74) is 0. The number of nitrogens with zero attached hydrogens (tertiary/aromatic N) is 2. The van der Waals surface area contributed by atoms with Crippen LogP contribution >= 0.6 is 11.6 Å². The van der Waals surface area contributed by atoms with E-state index in [2.05, 4.69) is 29.1 Å². The Morgan fingerprint density at radius 3 is 2.88 bits per heavy atom. The minimum absolute atomic E-state index is 0.336. The van der Waals surface area contributed by atoms with Gasteiger partial charge in [0.25, 0.3) is 0 Å². The van der Waals surface area contributed by atoms with Crippen molar-refractivity contribution in [1.29, 1.82) is 0 Å². The quantitative estimate of drug-likeness (QED) is 0.727. The maximum absolute atomic E-state index is 5.74. The molecule has 1 heterocycles. The number of nitrogens with one attached hydrogen (secondary N) is 1. The minimum Gasteiger partial charge on any atom is -0.477 e. The van der Waals surface area contributed by atoms with Crippen LogP contribution in [0.2, 0.25) is 0 Å². The van der Waals surface area contributed by atoms with Gasteiger partial charge in [-0.15, -0.1) is 11.6 Å². The van der Waals surface area contributed by atoms with Gasteiger partial charge in [-0.3, -0.25) is 4.98 Å². The molecule has 1 aromatic rings. The Bertz CT molecular complexity index is 322. The van der Waals surface area contributed by atoms with E-state index in [1.54, 1.807) is 12.4 Å². The van der Waals surface area contributed by atoms with Crippen molar-refractivity contribution in [3.05, 3.63) is 12.4 Å². The number of ether oxygens (including phenoxy) is 1. The van der Waals surface area contributed by atoms with Gasteiger partial charge in [0, 0.05) is 11.9 Å². The highest BCUT2D eigenvalue weighted by Crippen LogP contribution is 2.12. The van der Waals surface area contributed by atoms with Gasteiger partial charge in [-0.05, 0) is 19.3 Å². The van der Waals surface area contributed by atoms with Crippen LogP contribution in [0, 0.1) is 0 Å². The molecule has 0 saturated carbocycles. The summed E-state index contributed by atoms with van der Waals surface area (Å²) in [6.07, 6.45) is 6.22. The predicted molar refractivity (Wildman–Crippen MR) is 70.9 cm³/mol. The third-order valence-corrected chi connectivity index (χ3v) is 2.59. The number of halogens is 1. The van der Waals surface area contributed by atoms with E-state index in [0.29, 0.717) is 24.4 Å². The number of hydrogen-bond acceptors (Lipinski definition) is 4. The van der Waals surface area contributed by atoms with Crippen LogP contribution in [-0.2, 0) is 0 Å². The Kier molecular flexibility index (Phi) is 6.70. The zero-order valence-electron chi connectivity index (χ0n) is 10.4. The van der Waals surface area contributed by atoms with Crippen molar-refractivity contribution in [1.82, 2.24) is 9.97 Å². The first-order valence-corrected chi connectivity index (χ1v) is 6.60. The van der Waals surface area contributed by atoms with Crippen molar-refractivity contribution in [2.45, 2.75) is 39.2 Å². The lowest BCUT2D eigenvalue weighted by atomic mass is 10.2. The van der Waals surface area contributed by atoms with Gasteiger partial charge in [0.15, 0.2) is 0 Å². The van der Waals surface area contributed by atoms with Gasteiger partial charge in [-0.2, -0.15) is 4.98 Å². The highest BCUT2D eigenvalue weighted by Gasteiger charge is 2.07. The molecule has 0 spiro atoms. The standard InChI is InChI=1S/C12H20ClN3O/c1-3-7-17-12-9-14-8-11(16-12)15-10(4-2)5-6-13/h8-10H,3-7H2,1-2H3,(H,15,16). The van der Waals surface area contributed by atoms with Gasteiger partial charge in [0.05, 0.1) is 19.0 Å². The Morgan fingerprint density at radius 1 is 1.41 bits per heavy atom. The van der Waals surface area contributed by atoms with Gasteiger partial charge in [-0.1, -0.05) is 13.8 Å². The summed E-state index contributed by atoms with van der Waals surface area (Å²) in [5.74, 6) is 1.96. The van der Waals surface area contributed by atoms with Crippen molar-refractivity contribution >= 4 is 17.4 Å². The van der Waals surface area contributed by atoms with E-state index in [9.17, 15) is 0 Å². The molecule has 1 aromatic heterocycles. The lowest BCUT2D eigenvalue weighted by molar-refractivity contribution is 0.304. The summed E-state index contributed by atoms with van der Waals surface area (Å²) in [6, 6.07) is 0.336. The lowest BCUT2D eigenvalue weighted by Crippen LogP contribution is -2.19. The third kappa shape index (κ3) is 5.22. The first-order valence-electron chi connectivity index (χ1n) is 6.07. The van der Waals surface area contributed by atoms with Crippen molar-refractivity contribution in [3.8, 4) is 5.88 Å². The monoisotopic (exact) mass is 257 g/mol. The van der Waals surface area contributed by atoms with Crippen LogP contribution in [0.15, 0.2) is 12.4 Å². The van der Waals surface area contributed by atoms with Crippen molar-refractivity contribution in [2.75, 3.05) is 17.8 Å². The summed E-state index contributed by atoms with van der Waals surface area (Å²) >= 11 is 5.74. The van der Waals surface area contributed by atoms with Crippen LogP contribution in [0.1, 0.15) is 33.1 Å². The average molecular weight is 258 g/mol. The number of rotatable bonds is 8. The zero-order chi connectivity index (χ0) is 12.5. The molecule has 0 radical (unpaired) electrons. The second kappa shape index (κ2) is 8.12. The van der Waals surface area contributed by atoms with E-state index >= 15 is 0 Å². The number of alkyl halides is 1. The SMILES string of the molecule is CCCOc1cncc(NC(CC)CCCl)n1. The molecule has 0 bridgehead atoms. The molecular formula is C12H20ClN3O. The molecule has 0 aliphatic rings. The highest BCUT2D eigenvalue weighted by atomic mass is 35.5. The van der Waals surface area contributed by atoms with E-state index in [4.69, 9.17) is 16.3 Å². The van der Waals surface area contributed by atoms with Crippen molar-refractivity contribution < 1.29 is 4.74 Å². The van der Waals surface area contributed by atoms with Crippen LogP contribution in [0.5, 0.6) is 5.88 Å². The highest BCUT2D eigenvalue weighted by molar-refractivity contribution is 6.17. The van der Waals surface area contributed by atoms with Crippen molar-refractivity contribution in [3.63, 3.8) is 0 Å². The normalized spacial score (nSPS) is 12.2. The molecule has 1 unspecified atom stereocenters. The van der Waals surface area contributed by atoms with Crippen LogP contribution in [0.4, 0.5) is 5.82 Å². The molecular weight excluding hydrogens is 238 g/mol. The molecule has 0 aliphatic carbocycles. The second-order valence-corrected chi connectivity index (χ2v) is 4.20. The molecule has 96 valence electrons. The minimum atomic E-state index is 0.336. The Balaban J connectivity index is 2.57. The van der Waals surface area contributed by atoms with Gasteiger partial charge in [-0.25, -0.2) is 0 Å². The number of hydrogen-bond donors (Lipinski definition) is 1. The Labute approximate surface area is 108 Å². The molecule has 4 nitrogen and oxygen atoms in total. The van der Waals surface area contributed by atoms with E-state index < -0.39 is 0 Å². The first kappa shape index (κ1) is 14.0. The van der Waals surface area contributed by atoms with E-state index in [-0.39, 0.29) is 0 Å². The molecule has 0 saturated heterocycles. The fourth-order valence-electron chi connectivity index (χ4n) is 1.41. The maximum Gasteiger partial charge on any atom is 0.234 e. The summed E-state index contributed by atoms with van der Waals surface area (Å²) in [4.78, 5) is 8.44. The van der Waals surface area contributed by atoms with E-state index in [1.165, 1.54) is 0 Å². The van der Waals surface area contributed by atoms with Crippen LogP contribution in [0.25, 0.3) is 0 Å². The fourth-order valence-corrected chi connectivity index (χ4v) is 1.68. The lowest BCUT2D eigenvalue weighted by Gasteiger charge is -2.16. The summed E-state index contributed by atoms with van der Waals surface area (Å²) in [7, 11) is 0. The summed E-state index contributed by atoms with van der Waals surface area (Å²) in [5, 5.41) is 3.31. The summed E-state index contributed by atoms with van der Waals surface area (Å²) in [6.45, 7) is 4.84. The maximum atomic E-state index is 5.74. The molecule has 0 fully saturated rings. The van der Waals surface area contributed by atoms with Gasteiger partial charge in [0.1, 0.15) is 5.82 Å². The van der Waals surface area contributed by atoms with E-state index in [1.807, 2.05) is 0 Å².